The van der Waals surface area contributed by atoms with Crippen LogP contribution in [0.2, 0.25) is 25.2 Å². The Hall–Kier alpha value is 0.354. The second kappa shape index (κ2) is 22.5. The average Bonchev–Trinajstić information content (AvgIpc) is 2.70. The summed E-state index contributed by atoms with van der Waals surface area (Å²) >= 11 is 0. The van der Waals surface area contributed by atoms with Gasteiger partial charge in [0, 0.05) is 0 Å². The molecule has 0 rings (SSSR count). The van der Waals surface area contributed by atoms with Crippen molar-refractivity contribution in [2.75, 3.05) is 0 Å². The van der Waals surface area contributed by atoms with Crippen molar-refractivity contribution in [3.63, 3.8) is 0 Å². The Bertz CT molecular complexity index is 337. The summed E-state index contributed by atoms with van der Waals surface area (Å²) in [6.07, 6.45) is 27.5. The van der Waals surface area contributed by atoms with E-state index in [4.69, 9.17) is 4.12 Å². The van der Waals surface area contributed by atoms with Gasteiger partial charge < -0.3 is 8.91 Å². The second-order valence-corrected chi connectivity index (χ2v) is 16.0. The number of unbranched alkanes of at least 4 members (excludes halogenated alkanes) is 18. The van der Waals surface area contributed by atoms with Crippen molar-refractivity contribution in [1.82, 2.24) is 0 Å². The van der Waals surface area contributed by atoms with Crippen molar-refractivity contribution >= 4 is 17.6 Å². The minimum atomic E-state index is -2.39. The number of hydrogen-bond donors (Lipinski definition) is 1. The van der Waals surface area contributed by atoms with Gasteiger partial charge in [-0.15, -0.1) is 0 Å². The van der Waals surface area contributed by atoms with Crippen LogP contribution in [0.3, 0.4) is 0 Å². The summed E-state index contributed by atoms with van der Waals surface area (Å²) in [7, 11) is -3.57. The molecule has 0 aliphatic rings. The van der Waals surface area contributed by atoms with E-state index in [1.54, 1.807) is 0 Å². The lowest BCUT2D eigenvalue weighted by Crippen LogP contribution is -2.39. The highest BCUT2D eigenvalue weighted by Gasteiger charge is 2.28. The van der Waals surface area contributed by atoms with Crippen molar-refractivity contribution in [3.8, 4) is 0 Å². The summed E-state index contributed by atoms with van der Waals surface area (Å²) < 4.78 is 6.24. The van der Waals surface area contributed by atoms with Gasteiger partial charge in [-0.05, 0) is 25.2 Å². The zero-order valence-corrected chi connectivity index (χ0v) is 23.6. The first-order chi connectivity index (χ1) is 14.5. The topological polar surface area (TPSA) is 29.5 Å². The summed E-state index contributed by atoms with van der Waals surface area (Å²) in [6.45, 7) is 8.90. The highest BCUT2D eigenvalue weighted by molar-refractivity contribution is 6.73. The molecule has 182 valence electrons. The lowest BCUT2D eigenvalue weighted by atomic mass is 10.1. The number of rotatable bonds is 24. The van der Waals surface area contributed by atoms with Crippen LogP contribution < -0.4 is 0 Å². The Morgan fingerprint density at radius 3 is 1.30 bits per heavy atom. The molecule has 0 fully saturated rings. The van der Waals surface area contributed by atoms with Gasteiger partial charge in [-0.2, -0.15) is 0 Å². The highest BCUT2D eigenvalue weighted by atomic mass is 28.4. The smallest absolute Gasteiger partial charge is 0.321 e. The fraction of sp³-hybridized carbons (Fsp3) is 1.00. The molecule has 4 heteroatoms. The first-order valence-electron chi connectivity index (χ1n) is 13.9. The molecule has 2 atom stereocenters. The average molecular weight is 459 g/mol. The van der Waals surface area contributed by atoms with Crippen molar-refractivity contribution < 1.29 is 8.91 Å². The summed E-state index contributed by atoms with van der Waals surface area (Å²) in [4.78, 5) is 10.7. The lowest BCUT2D eigenvalue weighted by Gasteiger charge is -2.25. The predicted molar refractivity (Wildman–Crippen MR) is 141 cm³/mol. The van der Waals surface area contributed by atoms with Crippen molar-refractivity contribution in [2.45, 2.75) is 167 Å². The Kier molecular flexibility index (Phi) is 22.8. The molecule has 0 aliphatic carbocycles. The van der Waals surface area contributed by atoms with Crippen LogP contribution >= 0.6 is 0 Å². The van der Waals surface area contributed by atoms with E-state index >= 15 is 0 Å². The van der Waals surface area contributed by atoms with E-state index in [0.717, 1.165) is 12.5 Å². The van der Waals surface area contributed by atoms with Gasteiger partial charge in [0.25, 0.3) is 0 Å². The molecule has 1 N–H and O–H groups in total. The fourth-order valence-electron chi connectivity index (χ4n) is 4.41. The maximum atomic E-state index is 10.7. The van der Waals surface area contributed by atoms with Gasteiger partial charge in [-0.3, -0.25) is 0 Å². The maximum absolute atomic E-state index is 10.7. The first kappa shape index (κ1) is 30.4. The van der Waals surface area contributed by atoms with Crippen LogP contribution in [0.1, 0.15) is 142 Å². The normalized spacial score (nSPS) is 14.7. The van der Waals surface area contributed by atoms with Gasteiger partial charge in [0.05, 0.1) is 0 Å². The molecule has 0 saturated heterocycles. The third-order valence-corrected chi connectivity index (χ3v) is 12.6. The van der Waals surface area contributed by atoms with Crippen LogP contribution in [0.25, 0.3) is 0 Å². The second-order valence-electron chi connectivity index (χ2n) is 10.0. The van der Waals surface area contributed by atoms with E-state index in [-0.39, 0.29) is 0 Å². The van der Waals surface area contributed by atoms with Crippen LogP contribution in [0, 0.1) is 0 Å². The molecule has 0 amide bonds. The fourth-order valence-corrected chi connectivity index (χ4v) is 10.6. The van der Waals surface area contributed by atoms with Gasteiger partial charge in [0.2, 0.25) is 0 Å². The monoisotopic (exact) mass is 458 g/mol. The zero-order chi connectivity index (χ0) is 22.3. The Balaban J connectivity index is 3.47. The van der Waals surface area contributed by atoms with E-state index in [1.165, 1.54) is 128 Å². The third-order valence-electron chi connectivity index (χ3n) is 6.41. The van der Waals surface area contributed by atoms with E-state index < -0.39 is 17.6 Å². The molecule has 0 bridgehead atoms. The number of hydrogen-bond acceptors (Lipinski definition) is 2. The molecular formula is C26H58O2Si2. The van der Waals surface area contributed by atoms with Crippen molar-refractivity contribution in [1.29, 1.82) is 0 Å². The third kappa shape index (κ3) is 23.0. The first-order valence-corrected chi connectivity index (χ1v) is 18.9. The molecule has 0 spiro atoms. The molecular weight excluding hydrogens is 400 g/mol. The Morgan fingerprint density at radius 2 is 0.900 bits per heavy atom. The van der Waals surface area contributed by atoms with Gasteiger partial charge >= 0.3 is 8.56 Å². The molecule has 2 unspecified atom stereocenters. The van der Waals surface area contributed by atoms with Crippen LogP contribution in [0.4, 0.5) is 0 Å². The summed E-state index contributed by atoms with van der Waals surface area (Å²) in [5, 5.41) is 0. The summed E-state index contributed by atoms with van der Waals surface area (Å²) in [6, 6.07) is 2.19. The van der Waals surface area contributed by atoms with Crippen LogP contribution in [0.15, 0.2) is 0 Å². The van der Waals surface area contributed by atoms with Gasteiger partial charge in [0.15, 0.2) is 9.04 Å². The van der Waals surface area contributed by atoms with E-state index in [9.17, 15) is 4.80 Å². The molecule has 0 radical (unpaired) electrons. The molecule has 0 aromatic rings. The summed E-state index contributed by atoms with van der Waals surface area (Å²) in [5.41, 5.74) is 0. The van der Waals surface area contributed by atoms with Crippen molar-refractivity contribution in [3.05, 3.63) is 0 Å². The molecule has 0 saturated carbocycles. The minimum absolute atomic E-state index is 0.943. The van der Waals surface area contributed by atoms with E-state index in [2.05, 4.69) is 20.4 Å². The Morgan fingerprint density at radius 1 is 0.567 bits per heavy atom. The van der Waals surface area contributed by atoms with E-state index in [0.29, 0.717) is 0 Å². The molecule has 30 heavy (non-hydrogen) atoms. The molecule has 0 aromatic heterocycles. The highest BCUT2D eigenvalue weighted by Crippen LogP contribution is 2.19. The van der Waals surface area contributed by atoms with Gasteiger partial charge in [-0.1, -0.05) is 142 Å². The van der Waals surface area contributed by atoms with Crippen molar-refractivity contribution in [2.24, 2.45) is 0 Å². The standard InChI is InChI=1S/C26H58O2Si2/c1-5-7-9-11-13-15-17-19-21-23-25-29(3)28-30(4,27)26-24-22-20-18-16-14-12-10-8-6-2/h27,29H,5-26H2,1-4H3. The van der Waals surface area contributed by atoms with Gasteiger partial charge in [-0.25, -0.2) is 0 Å². The maximum Gasteiger partial charge on any atom is 0.321 e. The minimum Gasteiger partial charge on any atom is -0.439 e. The molecule has 0 heterocycles. The van der Waals surface area contributed by atoms with Crippen LogP contribution in [-0.4, -0.2) is 22.4 Å². The molecule has 0 aliphatic heterocycles. The SMILES string of the molecule is CCCCCCCCCCCC[SiH](C)O[Si](C)(O)CCCCCCCCCCCC. The molecule has 0 aromatic carbocycles. The van der Waals surface area contributed by atoms with Crippen LogP contribution in [0.5, 0.6) is 0 Å². The quantitative estimate of drug-likeness (QED) is 0.115. The predicted octanol–water partition coefficient (Wildman–Crippen LogP) is 9.26. The van der Waals surface area contributed by atoms with Gasteiger partial charge in [0.1, 0.15) is 0 Å². The molecule has 2 nitrogen and oxygen atoms in total. The summed E-state index contributed by atoms with van der Waals surface area (Å²) in [5.74, 6) is 0. The zero-order valence-electron chi connectivity index (χ0n) is 21.5. The van der Waals surface area contributed by atoms with Crippen LogP contribution in [-0.2, 0) is 4.12 Å². The lowest BCUT2D eigenvalue weighted by molar-refractivity contribution is 0.378. The largest absolute Gasteiger partial charge is 0.439 e. The van der Waals surface area contributed by atoms with E-state index in [1.807, 2.05) is 6.55 Å². The Labute approximate surface area is 193 Å².